The zero-order valence-electron chi connectivity index (χ0n) is 18.9. The fourth-order valence-corrected chi connectivity index (χ4v) is 5.86. The highest BCUT2D eigenvalue weighted by Gasteiger charge is 2.34. The van der Waals surface area contributed by atoms with Gasteiger partial charge in [-0.05, 0) is 19.1 Å². The van der Waals surface area contributed by atoms with E-state index in [1.807, 2.05) is 47.7 Å². The van der Waals surface area contributed by atoms with Gasteiger partial charge in [-0.15, -0.1) is 4.40 Å². The van der Waals surface area contributed by atoms with Crippen molar-refractivity contribution in [2.75, 3.05) is 31.1 Å². The second-order valence-corrected chi connectivity index (χ2v) is 10.0. The van der Waals surface area contributed by atoms with Crippen LogP contribution in [0.15, 0.2) is 52.3 Å². The summed E-state index contributed by atoms with van der Waals surface area (Å²) in [6, 6.07) is 7.33. The normalized spacial score (nSPS) is 18.3. The third-order valence-corrected chi connectivity index (χ3v) is 7.74. The van der Waals surface area contributed by atoms with Crippen molar-refractivity contribution in [3.05, 3.63) is 48.5 Å². The second-order valence-electron chi connectivity index (χ2n) is 8.35. The summed E-state index contributed by atoms with van der Waals surface area (Å²) >= 11 is 0. The summed E-state index contributed by atoms with van der Waals surface area (Å²) in [6.45, 7) is 5.60. The third kappa shape index (κ3) is 3.25. The van der Waals surface area contributed by atoms with Gasteiger partial charge in [0.1, 0.15) is 12.2 Å². The maximum atomic E-state index is 10.4. The molecule has 176 valence electrons. The molecule has 0 amide bonds. The lowest BCUT2D eigenvalue weighted by Gasteiger charge is -2.36. The molecule has 0 spiro atoms. The van der Waals surface area contributed by atoms with Gasteiger partial charge in [0, 0.05) is 51.5 Å². The van der Waals surface area contributed by atoms with Crippen molar-refractivity contribution in [3.63, 3.8) is 0 Å². The Balaban J connectivity index is 1.27. The summed E-state index contributed by atoms with van der Waals surface area (Å²) in [5.41, 5.74) is 3.27. The summed E-state index contributed by atoms with van der Waals surface area (Å²) < 4.78 is 29.0. The maximum absolute atomic E-state index is 10.4. The van der Waals surface area contributed by atoms with E-state index in [2.05, 4.69) is 29.3 Å². The minimum absolute atomic E-state index is 0.498. The first-order chi connectivity index (χ1) is 16.5. The van der Waals surface area contributed by atoms with Crippen molar-refractivity contribution in [1.82, 2.24) is 34.2 Å². The van der Waals surface area contributed by atoms with Gasteiger partial charge >= 0.3 is 0 Å². The van der Waals surface area contributed by atoms with E-state index in [4.69, 9.17) is 4.98 Å². The Morgan fingerprint density at radius 1 is 1.03 bits per heavy atom. The van der Waals surface area contributed by atoms with Gasteiger partial charge in [-0.3, -0.25) is 13.8 Å². The number of aromatic nitrogens is 6. The van der Waals surface area contributed by atoms with Gasteiger partial charge in [0.05, 0.1) is 16.7 Å². The molecule has 2 N–H and O–H groups in total. The van der Waals surface area contributed by atoms with Crippen LogP contribution in [-0.4, -0.2) is 75.3 Å². The molecule has 0 atom stereocenters. The quantitative estimate of drug-likeness (QED) is 0.460. The van der Waals surface area contributed by atoms with Crippen molar-refractivity contribution >= 4 is 33.6 Å². The van der Waals surface area contributed by atoms with E-state index in [1.54, 1.807) is 18.5 Å². The zero-order chi connectivity index (χ0) is 23.4. The predicted molar refractivity (Wildman–Crippen MR) is 131 cm³/mol. The lowest BCUT2D eigenvalue weighted by atomic mass is 10.1. The molecule has 12 heteroatoms. The Morgan fingerprint density at radius 3 is 2.56 bits per heavy atom. The summed E-state index contributed by atoms with van der Waals surface area (Å²) in [7, 11) is -1.18. The Kier molecular flexibility index (Phi) is 4.83. The van der Waals surface area contributed by atoms with Crippen LogP contribution in [0.25, 0.3) is 22.6 Å². The van der Waals surface area contributed by atoms with Crippen molar-refractivity contribution in [2.24, 2.45) is 11.4 Å². The molecule has 0 unspecified atom stereocenters. The van der Waals surface area contributed by atoms with Crippen LogP contribution in [0.3, 0.4) is 0 Å². The summed E-state index contributed by atoms with van der Waals surface area (Å²) in [5.74, 6) is 2.25. The molecule has 2 aliphatic heterocycles. The number of piperazine rings is 1. The summed E-state index contributed by atoms with van der Waals surface area (Å²) in [5, 5.41) is 4.37. The number of amidine groups is 1. The van der Waals surface area contributed by atoms with Crippen molar-refractivity contribution < 1.29 is 9.11 Å². The highest BCUT2D eigenvalue weighted by atomic mass is 32.3. The fourth-order valence-electron chi connectivity index (χ4n) is 4.60. The zero-order valence-corrected chi connectivity index (χ0v) is 19.7. The van der Waals surface area contributed by atoms with Crippen LogP contribution >= 0.6 is 10.8 Å². The predicted octanol–water partition coefficient (Wildman–Crippen LogP) is 2.85. The lowest BCUT2D eigenvalue weighted by Crippen LogP contribution is -2.49. The Labute approximate surface area is 197 Å². The molecular weight excluding hydrogens is 454 g/mol. The number of rotatable bonds is 3. The van der Waals surface area contributed by atoms with Crippen LogP contribution < -0.4 is 4.90 Å². The van der Waals surface area contributed by atoms with E-state index in [0.29, 0.717) is 36.9 Å². The summed E-state index contributed by atoms with van der Waals surface area (Å²) in [4.78, 5) is 18.8. The molecule has 0 radical (unpaired) electrons. The summed E-state index contributed by atoms with van der Waals surface area (Å²) in [6.07, 6.45) is 5.39. The van der Waals surface area contributed by atoms with Crippen LogP contribution in [0.4, 0.5) is 5.82 Å². The Bertz CT molecular complexity index is 1420. The first kappa shape index (κ1) is 21.1. The number of benzene rings is 1. The lowest BCUT2D eigenvalue weighted by molar-refractivity contribution is 0.386. The smallest absolute Gasteiger partial charge is 0.165 e. The van der Waals surface area contributed by atoms with Gasteiger partial charge in [0.15, 0.2) is 22.8 Å². The Hall–Kier alpha value is -3.48. The first-order valence-corrected chi connectivity index (χ1v) is 12.6. The highest BCUT2D eigenvalue weighted by molar-refractivity contribution is 8.23. The average molecular weight is 480 g/mol. The molecule has 34 heavy (non-hydrogen) atoms. The van der Waals surface area contributed by atoms with Crippen LogP contribution in [-0.2, 0) is 13.6 Å². The average Bonchev–Trinajstić information content (AvgIpc) is 3.54. The standard InChI is InChI=1S/C22H25N9O2S/c1-3-31-13-15(12-25-31)19-26-18-21(28(19)2)23-14-24-22(18)30-10-8-29(9-11-30)20-16-6-4-5-7-17(16)34(32,33)27-20/h4-7,12-14,32-33H,3,8-11H2,1-2H3. The van der Waals surface area contributed by atoms with Crippen molar-refractivity contribution in [3.8, 4) is 11.4 Å². The van der Waals surface area contributed by atoms with Crippen LogP contribution in [0, 0.1) is 0 Å². The molecule has 6 rings (SSSR count). The number of nitrogens with zero attached hydrogens (tertiary/aromatic N) is 9. The maximum Gasteiger partial charge on any atom is 0.165 e. The largest absolute Gasteiger partial charge is 0.351 e. The van der Waals surface area contributed by atoms with E-state index >= 15 is 0 Å². The van der Waals surface area contributed by atoms with Crippen molar-refractivity contribution in [1.29, 1.82) is 0 Å². The van der Waals surface area contributed by atoms with E-state index in [1.165, 1.54) is 0 Å². The van der Waals surface area contributed by atoms with E-state index in [-0.39, 0.29) is 0 Å². The van der Waals surface area contributed by atoms with Crippen molar-refractivity contribution in [2.45, 2.75) is 18.4 Å². The second kappa shape index (κ2) is 7.79. The molecule has 1 fully saturated rings. The molecule has 3 aromatic heterocycles. The highest BCUT2D eigenvalue weighted by Crippen LogP contribution is 2.56. The number of hydrogen-bond acceptors (Lipinski definition) is 9. The topological polar surface area (TPSA) is 121 Å². The Morgan fingerprint density at radius 2 is 1.79 bits per heavy atom. The number of fused-ring (bicyclic) bond motifs is 2. The van der Waals surface area contributed by atoms with Gasteiger partial charge in [-0.25, -0.2) is 15.0 Å². The molecule has 11 nitrogen and oxygen atoms in total. The fraction of sp³-hybridized carbons (Fsp3) is 0.318. The molecule has 0 aliphatic carbocycles. The molecule has 0 bridgehead atoms. The third-order valence-electron chi connectivity index (χ3n) is 6.37. The number of hydrogen-bond donors (Lipinski definition) is 2. The van der Waals surface area contributed by atoms with Gasteiger partial charge in [0.2, 0.25) is 0 Å². The SMILES string of the molecule is CCn1cc(-c2nc3c(N4CCN(C5=NS(O)(O)c6ccccc65)CC4)ncnc3n2C)cn1. The first-order valence-electron chi connectivity index (χ1n) is 11.1. The van der Waals surface area contributed by atoms with Gasteiger partial charge < -0.3 is 14.4 Å². The van der Waals surface area contributed by atoms with E-state index < -0.39 is 10.8 Å². The molecule has 2 aliphatic rings. The number of imidazole rings is 1. The molecule has 4 aromatic rings. The van der Waals surface area contributed by atoms with Gasteiger partial charge in [0.25, 0.3) is 0 Å². The van der Waals surface area contributed by atoms with Gasteiger partial charge in [-0.2, -0.15) is 5.10 Å². The van der Waals surface area contributed by atoms with Crippen LogP contribution in [0.1, 0.15) is 12.5 Å². The molecule has 1 aromatic carbocycles. The van der Waals surface area contributed by atoms with Crippen LogP contribution in [0.2, 0.25) is 0 Å². The molecular formula is C22H25N9O2S. The number of anilines is 1. The monoisotopic (exact) mass is 479 g/mol. The molecule has 0 saturated carbocycles. The minimum Gasteiger partial charge on any atom is -0.351 e. The molecule has 1 saturated heterocycles. The minimum atomic E-state index is -3.13. The number of aryl methyl sites for hydroxylation is 2. The molecule has 5 heterocycles. The van der Waals surface area contributed by atoms with E-state index in [0.717, 1.165) is 40.5 Å². The van der Waals surface area contributed by atoms with Crippen LogP contribution in [0.5, 0.6) is 0 Å². The van der Waals surface area contributed by atoms with Gasteiger partial charge in [-0.1, -0.05) is 22.9 Å². The van der Waals surface area contributed by atoms with E-state index in [9.17, 15) is 9.11 Å².